The maximum Gasteiger partial charge on any atom is 0.417 e. The van der Waals surface area contributed by atoms with Gasteiger partial charge in [-0.15, -0.1) is 0 Å². The zero-order chi connectivity index (χ0) is 7.98. The molecule has 0 aromatic rings. The molecule has 1 unspecified atom stereocenters. The zero-order valence-electron chi connectivity index (χ0n) is 5.59. The molecule has 0 aliphatic heterocycles. The molecule has 0 aromatic heterocycles. The molecule has 0 fully saturated rings. The Bertz CT molecular complexity index is 126. The third-order valence-corrected chi connectivity index (χ3v) is 0.982. The third kappa shape index (κ3) is 3.03. The number of hydrazine groups is 1. The summed E-state index contributed by atoms with van der Waals surface area (Å²) in [5.74, 6) is 4.00. The van der Waals surface area contributed by atoms with E-state index in [1.807, 2.05) is 5.43 Å². The van der Waals surface area contributed by atoms with Gasteiger partial charge in [-0.25, -0.2) is 10.6 Å². The lowest BCUT2D eigenvalue weighted by Gasteiger charge is -2.05. The molecule has 0 aromatic carbocycles. The van der Waals surface area contributed by atoms with Crippen molar-refractivity contribution in [1.29, 1.82) is 0 Å². The Hall–Kier alpha value is -1.10. The van der Waals surface area contributed by atoms with Crippen molar-refractivity contribution in [3.8, 4) is 0 Å². The second-order valence-electron chi connectivity index (χ2n) is 1.80. The largest absolute Gasteiger partial charge is 0.456 e. The van der Waals surface area contributed by atoms with Gasteiger partial charge in [0.1, 0.15) is 6.61 Å². The molecule has 0 rings (SSSR count). The second kappa shape index (κ2) is 4.75. The van der Waals surface area contributed by atoms with Crippen molar-refractivity contribution >= 4 is 12.4 Å². The van der Waals surface area contributed by atoms with Crippen molar-refractivity contribution in [3.05, 3.63) is 0 Å². The first-order valence-electron chi connectivity index (χ1n) is 2.71. The lowest BCUT2D eigenvalue weighted by Crippen LogP contribution is -2.36. The van der Waals surface area contributed by atoms with Crippen LogP contribution in [-0.2, 0) is 14.3 Å². The fourth-order valence-corrected chi connectivity index (χ4v) is 0.377. The number of nitrogens with one attached hydrogen (secondary N) is 1. The van der Waals surface area contributed by atoms with Crippen LogP contribution in [0.25, 0.3) is 0 Å². The standard InChI is InChI=1S/C5H9N2O3/c1-4(2-10-3-8)5(9)7-6/h4H,2,6H2,1H3,(H,7,9). The molecule has 57 valence electrons. The van der Waals surface area contributed by atoms with Crippen molar-refractivity contribution in [3.63, 3.8) is 0 Å². The summed E-state index contributed by atoms with van der Waals surface area (Å²) in [5, 5.41) is 0. The van der Waals surface area contributed by atoms with Gasteiger partial charge in [0.2, 0.25) is 5.91 Å². The van der Waals surface area contributed by atoms with Crippen molar-refractivity contribution < 1.29 is 14.3 Å². The summed E-state index contributed by atoms with van der Waals surface area (Å²) in [6.07, 6.45) is 0. The van der Waals surface area contributed by atoms with Gasteiger partial charge in [-0.1, -0.05) is 6.92 Å². The van der Waals surface area contributed by atoms with Crippen LogP contribution in [0.5, 0.6) is 0 Å². The molecule has 0 bridgehead atoms. The lowest BCUT2D eigenvalue weighted by atomic mass is 10.2. The smallest absolute Gasteiger partial charge is 0.417 e. The van der Waals surface area contributed by atoms with Crippen LogP contribution < -0.4 is 11.3 Å². The van der Waals surface area contributed by atoms with Crippen LogP contribution in [0.1, 0.15) is 6.92 Å². The van der Waals surface area contributed by atoms with Crippen LogP contribution in [0, 0.1) is 5.92 Å². The van der Waals surface area contributed by atoms with Crippen molar-refractivity contribution in [2.45, 2.75) is 6.92 Å². The molecule has 3 N–H and O–H groups in total. The molecular weight excluding hydrogens is 136 g/mol. The summed E-state index contributed by atoms with van der Waals surface area (Å²) in [5.41, 5.74) is 1.92. The second-order valence-corrected chi connectivity index (χ2v) is 1.80. The van der Waals surface area contributed by atoms with Crippen molar-refractivity contribution in [2.24, 2.45) is 11.8 Å². The number of amides is 1. The summed E-state index contributed by atoms with van der Waals surface area (Å²) < 4.78 is 4.20. The molecule has 0 spiro atoms. The minimum Gasteiger partial charge on any atom is -0.456 e. The first-order chi connectivity index (χ1) is 4.72. The van der Waals surface area contributed by atoms with Gasteiger partial charge in [0.25, 0.3) is 0 Å². The topological polar surface area (TPSA) is 81.4 Å². The first kappa shape index (κ1) is 8.90. The van der Waals surface area contributed by atoms with Crippen LogP contribution in [0.3, 0.4) is 0 Å². The average molecular weight is 145 g/mol. The van der Waals surface area contributed by atoms with Crippen LogP contribution >= 0.6 is 0 Å². The molecule has 1 radical (unpaired) electrons. The van der Waals surface area contributed by atoms with E-state index in [-0.39, 0.29) is 12.5 Å². The van der Waals surface area contributed by atoms with Crippen LogP contribution in [-0.4, -0.2) is 19.0 Å². The molecule has 0 aliphatic rings. The summed E-state index contributed by atoms with van der Waals surface area (Å²) in [6, 6.07) is 0. The number of rotatable bonds is 4. The van der Waals surface area contributed by atoms with Crippen molar-refractivity contribution in [2.75, 3.05) is 6.61 Å². The van der Waals surface area contributed by atoms with Gasteiger partial charge >= 0.3 is 6.47 Å². The molecule has 10 heavy (non-hydrogen) atoms. The highest BCUT2D eigenvalue weighted by atomic mass is 16.5. The number of hydrogen-bond acceptors (Lipinski definition) is 4. The third-order valence-electron chi connectivity index (χ3n) is 0.982. The van der Waals surface area contributed by atoms with E-state index in [4.69, 9.17) is 5.84 Å². The van der Waals surface area contributed by atoms with Crippen LogP contribution in [0.15, 0.2) is 0 Å². The Morgan fingerprint density at radius 2 is 2.50 bits per heavy atom. The van der Waals surface area contributed by atoms with Gasteiger partial charge in [0, 0.05) is 0 Å². The maximum absolute atomic E-state index is 10.6. The SMILES string of the molecule is CC(CO[C]=O)C(=O)NN. The van der Waals surface area contributed by atoms with Gasteiger partial charge in [0.05, 0.1) is 5.92 Å². The summed E-state index contributed by atoms with van der Waals surface area (Å²) in [6.45, 7) is 2.80. The van der Waals surface area contributed by atoms with Gasteiger partial charge in [0.15, 0.2) is 0 Å². The van der Waals surface area contributed by atoms with E-state index in [1.165, 1.54) is 6.47 Å². The Morgan fingerprint density at radius 3 is 2.90 bits per heavy atom. The normalized spacial score (nSPS) is 11.8. The lowest BCUT2D eigenvalue weighted by molar-refractivity contribution is -0.125. The molecule has 0 aliphatic carbocycles. The summed E-state index contributed by atoms with van der Waals surface area (Å²) in [4.78, 5) is 20.1. The Kier molecular flexibility index (Phi) is 4.23. The summed E-state index contributed by atoms with van der Waals surface area (Å²) >= 11 is 0. The molecular formula is C5H9N2O3. The van der Waals surface area contributed by atoms with E-state index in [2.05, 4.69) is 4.74 Å². The fourth-order valence-electron chi connectivity index (χ4n) is 0.377. The average Bonchev–Trinajstić information content (AvgIpc) is 1.98. The predicted octanol–water partition coefficient (Wildman–Crippen LogP) is -1.30. The monoisotopic (exact) mass is 145 g/mol. The minimum absolute atomic E-state index is 0.00648. The molecule has 1 amide bonds. The predicted molar refractivity (Wildman–Crippen MR) is 33.1 cm³/mol. The van der Waals surface area contributed by atoms with E-state index >= 15 is 0 Å². The quantitative estimate of drug-likeness (QED) is 0.292. The van der Waals surface area contributed by atoms with E-state index in [1.54, 1.807) is 6.92 Å². The molecule has 5 heteroatoms. The maximum atomic E-state index is 10.6. The number of carbonyl (C=O) groups excluding carboxylic acids is 2. The minimum atomic E-state index is -0.425. The van der Waals surface area contributed by atoms with Crippen molar-refractivity contribution in [1.82, 2.24) is 5.43 Å². The highest BCUT2D eigenvalue weighted by Gasteiger charge is 2.10. The number of nitrogens with two attached hydrogens (primary N) is 1. The Balaban J connectivity index is 3.50. The fraction of sp³-hybridized carbons (Fsp3) is 0.600. The van der Waals surface area contributed by atoms with Crippen LogP contribution in [0.4, 0.5) is 0 Å². The molecule has 0 heterocycles. The Labute approximate surface area is 58.5 Å². The van der Waals surface area contributed by atoms with Gasteiger partial charge in [-0.05, 0) is 0 Å². The molecule has 5 nitrogen and oxygen atoms in total. The highest BCUT2D eigenvalue weighted by Crippen LogP contribution is 1.92. The number of ether oxygens (including phenoxy) is 1. The summed E-state index contributed by atoms with van der Waals surface area (Å²) in [7, 11) is 0. The first-order valence-corrected chi connectivity index (χ1v) is 2.71. The van der Waals surface area contributed by atoms with Crippen LogP contribution in [0.2, 0.25) is 0 Å². The molecule has 0 saturated heterocycles. The van der Waals surface area contributed by atoms with E-state index in [0.717, 1.165) is 0 Å². The Morgan fingerprint density at radius 1 is 1.90 bits per heavy atom. The van der Waals surface area contributed by atoms with Gasteiger partial charge in [-0.3, -0.25) is 10.2 Å². The number of hydrogen-bond donors (Lipinski definition) is 2. The van der Waals surface area contributed by atoms with Gasteiger partial charge < -0.3 is 4.74 Å². The van der Waals surface area contributed by atoms with E-state index in [9.17, 15) is 9.59 Å². The van der Waals surface area contributed by atoms with E-state index in [0.29, 0.717) is 0 Å². The highest BCUT2D eigenvalue weighted by molar-refractivity contribution is 5.77. The zero-order valence-corrected chi connectivity index (χ0v) is 5.59. The number of carbonyl (C=O) groups is 1. The molecule has 1 atom stereocenters. The molecule has 0 saturated carbocycles. The van der Waals surface area contributed by atoms with Gasteiger partial charge in [-0.2, -0.15) is 0 Å². The van der Waals surface area contributed by atoms with E-state index < -0.39 is 5.92 Å².